The fourth-order valence-corrected chi connectivity index (χ4v) is 1.93. The van der Waals surface area contributed by atoms with E-state index in [0.29, 0.717) is 18.7 Å². The van der Waals surface area contributed by atoms with Crippen LogP contribution in [0, 0.1) is 0 Å². The highest BCUT2D eigenvalue weighted by Gasteiger charge is 2.28. The van der Waals surface area contributed by atoms with Gasteiger partial charge in [0.15, 0.2) is 0 Å². The lowest BCUT2D eigenvalue weighted by Gasteiger charge is -2.36. The van der Waals surface area contributed by atoms with Gasteiger partial charge in [0.25, 0.3) is 5.91 Å². The fourth-order valence-electron chi connectivity index (χ4n) is 1.93. The summed E-state index contributed by atoms with van der Waals surface area (Å²) in [7, 11) is 0. The number of amides is 1. The number of hydrogen-bond donors (Lipinski definition) is 2. The molecule has 1 aromatic carbocycles. The van der Waals surface area contributed by atoms with E-state index >= 15 is 0 Å². The summed E-state index contributed by atoms with van der Waals surface area (Å²) >= 11 is 0. The van der Waals surface area contributed by atoms with Gasteiger partial charge in [-0.25, -0.2) is 4.98 Å². The van der Waals surface area contributed by atoms with Gasteiger partial charge in [-0.05, 0) is 18.2 Å². The Hall–Kier alpha value is -1.88. The van der Waals surface area contributed by atoms with Crippen molar-refractivity contribution in [3.8, 4) is 0 Å². The van der Waals surface area contributed by atoms with Gasteiger partial charge in [0, 0.05) is 24.7 Å². The maximum absolute atomic E-state index is 12.0. The zero-order valence-corrected chi connectivity index (χ0v) is 8.68. The van der Waals surface area contributed by atoms with Crippen molar-refractivity contribution in [1.82, 2.24) is 14.9 Å². The van der Waals surface area contributed by atoms with Crippen LogP contribution in [0.3, 0.4) is 0 Å². The van der Waals surface area contributed by atoms with Crippen LogP contribution >= 0.6 is 0 Å². The Balaban J connectivity index is 1.90. The van der Waals surface area contributed by atoms with Crippen LogP contribution in [0.25, 0.3) is 11.0 Å². The summed E-state index contributed by atoms with van der Waals surface area (Å²) in [5.74, 6) is 0.0400. The van der Waals surface area contributed by atoms with Gasteiger partial charge in [-0.15, -0.1) is 0 Å². The molecule has 82 valence electrons. The topological polar surface area (TPSA) is 75.0 Å². The van der Waals surface area contributed by atoms with E-state index in [1.807, 2.05) is 12.1 Å². The van der Waals surface area contributed by atoms with Crippen molar-refractivity contribution in [3.63, 3.8) is 0 Å². The number of H-pyrrole nitrogens is 1. The zero-order chi connectivity index (χ0) is 11.1. The monoisotopic (exact) mass is 216 g/mol. The van der Waals surface area contributed by atoms with Gasteiger partial charge in [0.1, 0.15) is 0 Å². The first-order valence-electron chi connectivity index (χ1n) is 5.22. The number of nitrogens with two attached hydrogens (primary N) is 1. The molecule has 5 nitrogen and oxygen atoms in total. The number of likely N-dealkylation sites (tertiary alicyclic amines) is 1. The van der Waals surface area contributed by atoms with Crippen molar-refractivity contribution >= 4 is 16.9 Å². The highest BCUT2D eigenvalue weighted by Crippen LogP contribution is 2.16. The number of benzene rings is 1. The summed E-state index contributed by atoms with van der Waals surface area (Å²) < 4.78 is 0. The molecule has 1 saturated heterocycles. The average molecular weight is 216 g/mol. The minimum absolute atomic E-state index is 0.0400. The van der Waals surface area contributed by atoms with Gasteiger partial charge >= 0.3 is 0 Å². The normalized spacial score (nSPS) is 16.4. The summed E-state index contributed by atoms with van der Waals surface area (Å²) in [6.45, 7) is 1.31. The van der Waals surface area contributed by atoms with E-state index in [0.717, 1.165) is 11.0 Å². The summed E-state index contributed by atoms with van der Waals surface area (Å²) in [5, 5.41) is 0. The van der Waals surface area contributed by atoms with E-state index in [-0.39, 0.29) is 11.9 Å². The maximum Gasteiger partial charge on any atom is 0.254 e. The van der Waals surface area contributed by atoms with Gasteiger partial charge in [-0.2, -0.15) is 0 Å². The Morgan fingerprint density at radius 2 is 2.31 bits per heavy atom. The highest BCUT2D eigenvalue weighted by molar-refractivity contribution is 5.97. The van der Waals surface area contributed by atoms with E-state index in [9.17, 15) is 4.79 Å². The smallest absolute Gasteiger partial charge is 0.254 e. The number of imidazole rings is 1. The SMILES string of the molecule is NC1CN(C(=O)c2ccc3nc[nH]c3c2)C1. The van der Waals surface area contributed by atoms with E-state index in [1.54, 1.807) is 17.3 Å². The molecule has 3 rings (SSSR count). The second-order valence-corrected chi connectivity index (χ2v) is 4.10. The van der Waals surface area contributed by atoms with E-state index in [2.05, 4.69) is 9.97 Å². The number of rotatable bonds is 1. The minimum atomic E-state index is 0.0400. The molecule has 0 bridgehead atoms. The van der Waals surface area contributed by atoms with Crippen LogP contribution in [-0.4, -0.2) is 39.9 Å². The molecule has 2 aromatic rings. The van der Waals surface area contributed by atoms with E-state index in [1.165, 1.54) is 0 Å². The standard InChI is InChI=1S/C11H12N4O/c12-8-4-15(5-8)11(16)7-1-2-9-10(3-7)14-6-13-9/h1-3,6,8H,4-5,12H2,(H,13,14). The molecule has 1 amide bonds. The molecule has 5 heteroatoms. The summed E-state index contributed by atoms with van der Waals surface area (Å²) in [5.41, 5.74) is 8.09. The molecule has 0 atom stereocenters. The fraction of sp³-hybridized carbons (Fsp3) is 0.273. The molecule has 1 aliphatic rings. The lowest BCUT2D eigenvalue weighted by molar-refractivity contribution is 0.0608. The second kappa shape index (κ2) is 3.31. The first kappa shape index (κ1) is 9.35. The first-order chi connectivity index (χ1) is 7.74. The summed E-state index contributed by atoms with van der Waals surface area (Å²) in [6, 6.07) is 5.61. The maximum atomic E-state index is 12.0. The third kappa shape index (κ3) is 1.37. The largest absolute Gasteiger partial charge is 0.345 e. The lowest BCUT2D eigenvalue weighted by atomic mass is 10.1. The zero-order valence-electron chi connectivity index (χ0n) is 8.68. The number of aromatic amines is 1. The third-order valence-electron chi connectivity index (χ3n) is 2.86. The number of carbonyl (C=O) groups is 1. The quantitative estimate of drug-likeness (QED) is 0.722. The summed E-state index contributed by atoms with van der Waals surface area (Å²) in [6.07, 6.45) is 1.62. The average Bonchev–Trinajstić information content (AvgIpc) is 2.70. The Morgan fingerprint density at radius 3 is 3.06 bits per heavy atom. The molecule has 1 aliphatic heterocycles. The first-order valence-corrected chi connectivity index (χ1v) is 5.22. The molecule has 0 radical (unpaired) electrons. The van der Waals surface area contributed by atoms with Gasteiger partial charge in [-0.1, -0.05) is 0 Å². The van der Waals surface area contributed by atoms with E-state index in [4.69, 9.17) is 5.73 Å². The molecular weight excluding hydrogens is 204 g/mol. The predicted octanol–water partition coefficient (Wildman–Crippen LogP) is 0.346. The number of fused-ring (bicyclic) bond motifs is 1. The Labute approximate surface area is 92.3 Å². The van der Waals surface area contributed by atoms with Crippen molar-refractivity contribution in [1.29, 1.82) is 0 Å². The van der Waals surface area contributed by atoms with Crippen molar-refractivity contribution in [2.24, 2.45) is 5.73 Å². The Morgan fingerprint density at radius 1 is 1.50 bits per heavy atom. The van der Waals surface area contributed by atoms with Crippen molar-refractivity contribution in [2.75, 3.05) is 13.1 Å². The predicted molar refractivity (Wildman–Crippen MR) is 60.0 cm³/mol. The molecule has 3 N–H and O–H groups in total. The van der Waals surface area contributed by atoms with Gasteiger partial charge < -0.3 is 15.6 Å². The van der Waals surface area contributed by atoms with Crippen LogP contribution in [0.15, 0.2) is 24.5 Å². The molecule has 2 heterocycles. The molecule has 1 fully saturated rings. The van der Waals surface area contributed by atoms with Gasteiger partial charge in [0.05, 0.1) is 17.4 Å². The van der Waals surface area contributed by atoms with Crippen molar-refractivity contribution in [2.45, 2.75) is 6.04 Å². The number of aromatic nitrogens is 2. The van der Waals surface area contributed by atoms with Gasteiger partial charge in [0.2, 0.25) is 0 Å². The lowest BCUT2D eigenvalue weighted by Crippen LogP contribution is -2.57. The molecular formula is C11H12N4O. The molecule has 0 saturated carbocycles. The van der Waals surface area contributed by atoms with Crippen LogP contribution in [0.2, 0.25) is 0 Å². The van der Waals surface area contributed by atoms with E-state index < -0.39 is 0 Å². The molecule has 0 unspecified atom stereocenters. The molecule has 1 aromatic heterocycles. The number of carbonyl (C=O) groups excluding carboxylic acids is 1. The number of nitrogens with zero attached hydrogens (tertiary/aromatic N) is 2. The molecule has 0 spiro atoms. The van der Waals surface area contributed by atoms with Crippen molar-refractivity contribution < 1.29 is 4.79 Å². The molecule has 16 heavy (non-hydrogen) atoms. The third-order valence-corrected chi connectivity index (χ3v) is 2.86. The number of hydrogen-bond acceptors (Lipinski definition) is 3. The van der Waals surface area contributed by atoms with Crippen LogP contribution < -0.4 is 5.73 Å². The van der Waals surface area contributed by atoms with Crippen molar-refractivity contribution in [3.05, 3.63) is 30.1 Å². The minimum Gasteiger partial charge on any atom is -0.345 e. The number of nitrogens with one attached hydrogen (secondary N) is 1. The van der Waals surface area contributed by atoms with Crippen LogP contribution in [0.4, 0.5) is 0 Å². The van der Waals surface area contributed by atoms with Crippen LogP contribution in [0.1, 0.15) is 10.4 Å². The summed E-state index contributed by atoms with van der Waals surface area (Å²) in [4.78, 5) is 20.8. The Bertz CT molecular complexity index is 542. The molecule has 0 aliphatic carbocycles. The highest BCUT2D eigenvalue weighted by atomic mass is 16.2. The van der Waals surface area contributed by atoms with Gasteiger partial charge in [-0.3, -0.25) is 4.79 Å². The Kier molecular flexibility index (Phi) is 1.94. The second-order valence-electron chi connectivity index (χ2n) is 4.10. The van der Waals surface area contributed by atoms with Crippen LogP contribution in [0.5, 0.6) is 0 Å². The van der Waals surface area contributed by atoms with Crippen LogP contribution in [-0.2, 0) is 0 Å².